The van der Waals surface area contributed by atoms with Crippen molar-refractivity contribution in [1.29, 1.82) is 0 Å². The van der Waals surface area contributed by atoms with Crippen LogP contribution in [-0.2, 0) is 4.79 Å². The molecule has 0 saturated carbocycles. The summed E-state index contributed by atoms with van der Waals surface area (Å²) in [4.78, 5) is 10.7. The van der Waals surface area contributed by atoms with E-state index in [1.54, 1.807) is 0 Å². The molecule has 0 radical (unpaired) electrons. The monoisotopic (exact) mass is 227 g/mol. The number of rotatable bonds is 5. The topological polar surface area (TPSA) is 90.4 Å². The maximum Gasteiger partial charge on any atom is 0.236 e. The molecule has 1 atom stereocenters. The van der Waals surface area contributed by atoms with Crippen molar-refractivity contribution in [3.8, 4) is 5.75 Å². The fourth-order valence-corrected chi connectivity index (χ4v) is 1.10. The van der Waals surface area contributed by atoms with Gasteiger partial charge in [-0.1, -0.05) is 0 Å². The number of benzene rings is 1. The van der Waals surface area contributed by atoms with Gasteiger partial charge in [0.2, 0.25) is 5.91 Å². The lowest BCUT2D eigenvalue weighted by atomic mass is 10.2. The van der Waals surface area contributed by atoms with Crippen LogP contribution in [0.1, 0.15) is 0 Å². The van der Waals surface area contributed by atoms with E-state index in [1.807, 2.05) is 0 Å². The SMILES string of the molecule is COc1cc(NCC(N)C(N)=O)ccc1F. The van der Waals surface area contributed by atoms with Gasteiger partial charge in [0.1, 0.15) is 6.04 Å². The highest BCUT2D eigenvalue weighted by molar-refractivity contribution is 5.80. The molecular formula is C10H14FN3O2. The first-order valence-electron chi connectivity index (χ1n) is 4.67. The Morgan fingerprint density at radius 1 is 1.62 bits per heavy atom. The van der Waals surface area contributed by atoms with Gasteiger partial charge in [0, 0.05) is 18.3 Å². The number of ether oxygens (including phenoxy) is 1. The minimum Gasteiger partial charge on any atom is -0.494 e. The van der Waals surface area contributed by atoms with Crippen molar-refractivity contribution in [2.45, 2.75) is 6.04 Å². The van der Waals surface area contributed by atoms with E-state index in [4.69, 9.17) is 16.2 Å². The van der Waals surface area contributed by atoms with Crippen LogP contribution in [0.2, 0.25) is 0 Å². The molecular weight excluding hydrogens is 213 g/mol. The normalized spacial score (nSPS) is 11.9. The third-order valence-corrected chi connectivity index (χ3v) is 2.04. The Morgan fingerprint density at radius 2 is 2.31 bits per heavy atom. The third-order valence-electron chi connectivity index (χ3n) is 2.04. The predicted octanol–water partition coefficient (Wildman–Crippen LogP) is 0.0588. The maximum atomic E-state index is 13.0. The molecule has 5 N–H and O–H groups in total. The van der Waals surface area contributed by atoms with Crippen molar-refractivity contribution in [3.05, 3.63) is 24.0 Å². The summed E-state index contributed by atoms with van der Waals surface area (Å²) in [6.45, 7) is 0.185. The highest BCUT2D eigenvalue weighted by Crippen LogP contribution is 2.21. The van der Waals surface area contributed by atoms with Crippen molar-refractivity contribution in [1.82, 2.24) is 0 Å². The number of primary amides is 1. The van der Waals surface area contributed by atoms with Crippen LogP contribution in [0.3, 0.4) is 0 Å². The molecule has 0 spiro atoms. The second-order valence-electron chi connectivity index (χ2n) is 3.24. The maximum absolute atomic E-state index is 13.0. The molecule has 1 unspecified atom stereocenters. The number of nitrogens with one attached hydrogen (secondary N) is 1. The van der Waals surface area contributed by atoms with Crippen LogP contribution in [0.4, 0.5) is 10.1 Å². The average Bonchev–Trinajstić information content (AvgIpc) is 2.27. The van der Waals surface area contributed by atoms with Gasteiger partial charge in [0.15, 0.2) is 11.6 Å². The van der Waals surface area contributed by atoms with Gasteiger partial charge >= 0.3 is 0 Å². The van der Waals surface area contributed by atoms with Gasteiger partial charge in [-0.2, -0.15) is 0 Å². The highest BCUT2D eigenvalue weighted by atomic mass is 19.1. The number of halogens is 1. The van der Waals surface area contributed by atoms with E-state index < -0.39 is 17.8 Å². The molecule has 0 aliphatic heterocycles. The van der Waals surface area contributed by atoms with Crippen LogP contribution in [0.25, 0.3) is 0 Å². The van der Waals surface area contributed by atoms with Gasteiger partial charge in [-0.05, 0) is 12.1 Å². The largest absolute Gasteiger partial charge is 0.494 e. The second-order valence-corrected chi connectivity index (χ2v) is 3.24. The average molecular weight is 227 g/mol. The first-order chi connectivity index (χ1) is 7.54. The van der Waals surface area contributed by atoms with Crippen LogP contribution in [0.5, 0.6) is 5.75 Å². The standard InChI is InChI=1S/C10H14FN3O2/c1-16-9-4-6(2-3-7(9)11)14-5-8(12)10(13)15/h2-4,8,14H,5,12H2,1H3,(H2,13,15). The van der Waals surface area contributed by atoms with Crippen LogP contribution >= 0.6 is 0 Å². The fraction of sp³-hybridized carbons (Fsp3) is 0.300. The van der Waals surface area contributed by atoms with Crippen molar-refractivity contribution in [2.24, 2.45) is 11.5 Å². The molecule has 1 aromatic carbocycles. The van der Waals surface area contributed by atoms with Crippen molar-refractivity contribution >= 4 is 11.6 Å². The molecule has 1 rings (SSSR count). The summed E-state index contributed by atoms with van der Waals surface area (Å²) in [6.07, 6.45) is 0. The molecule has 0 aliphatic rings. The Labute approximate surface area is 92.6 Å². The molecule has 0 aliphatic carbocycles. The molecule has 1 amide bonds. The van der Waals surface area contributed by atoms with E-state index in [2.05, 4.69) is 5.32 Å². The van der Waals surface area contributed by atoms with Crippen LogP contribution in [0, 0.1) is 5.82 Å². The summed E-state index contributed by atoms with van der Waals surface area (Å²) in [6, 6.07) is 3.47. The molecule has 0 bridgehead atoms. The van der Waals surface area contributed by atoms with E-state index in [0.29, 0.717) is 5.69 Å². The summed E-state index contributed by atoms with van der Waals surface area (Å²) in [7, 11) is 1.37. The lowest BCUT2D eigenvalue weighted by Crippen LogP contribution is -2.41. The Morgan fingerprint density at radius 3 is 2.88 bits per heavy atom. The molecule has 5 nitrogen and oxygen atoms in total. The molecule has 88 valence electrons. The van der Waals surface area contributed by atoms with Gasteiger partial charge in [-0.25, -0.2) is 4.39 Å². The van der Waals surface area contributed by atoms with E-state index in [9.17, 15) is 9.18 Å². The zero-order valence-electron chi connectivity index (χ0n) is 8.87. The summed E-state index contributed by atoms with van der Waals surface area (Å²) in [5.74, 6) is -0.925. The fourth-order valence-electron chi connectivity index (χ4n) is 1.10. The molecule has 6 heteroatoms. The van der Waals surface area contributed by atoms with E-state index in [1.165, 1.54) is 25.3 Å². The Balaban J connectivity index is 2.64. The van der Waals surface area contributed by atoms with Crippen LogP contribution < -0.4 is 21.5 Å². The third kappa shape index (κ3) is 3.09. The number of anilines is 1. The number of hydrogen-bond acceptors (Lipinski definition) is 4. The van der Waals surface area contributed by atoms with Crippen LogP contribution in [0.15, 0.2) is 18.2 Å². The van der Waals surface area contributed by atoms with Crippen LogP contribution in [-0.4, -0.2) is 25.6 Å². The Kier molecular flexibility index (Phi) is 4.07. The predicted molar refractivity (Wildman–Crippen MR) is 58.6 cm³/mol. The second kappa shape index (κ2) is 5.32. The Bertz CT molecular complexity index is 384. The number of carbonyl (C=O) groups is 1. The number of carbonyl (C=O) groups excluding carboxylic acids is 1. The van der Waals surface area contributed by atoms with Crippen molar-refractivity contribution in [2.75, 3.05) is 19.0 Å². The Hall–Kier alpha value is -1.82. The van der Waals surface area contributed by atoms with Gasteiger partial charge < -0.3 is 21.5 Å². The smallest absolute Gasteiger partial charge is 0.236 e. The lowest BCUT2D eigenvalue weighted by Gasteiger charge is -2.11. The molecule has 0 aromatic heterocycles. The molecule has 0 heterocycles. The van der Waals surface area contributed by atoms with Gasteiger partial charge in [-0.15, -0.1) is 0 Å². The number of amides is 1. The highest BCUT2D eigenvalue weighted by Gasteiger charge is 2.09. The summed E-state index contributed by atoms with van der Waals surface area (Å²) in [5, 5.41) is 2.86. The summed E-state index contributed by atoms with van der Waals surface area (Å²) in [5.41, 5.74) is 11.0. The minimum absolute atomic E-state index is 0.123. The number of methoxy groups -OCH3 is 1. The van der Waals surface area contributed by atoms with E-state index in [-0.39, 0.29) is 12.3 Å². The van der Waals surface area contributed by atoms with Crippen molar-refractivity contribution in [3.63, 3.8) is 0 Å². The minimum atomic E-state index is -0.781. The summed E-state index contributed by atoms with van der Waals surface area (Å²) < 4.78 is 17.8. The quantitative estimate of drug-likeness (QED) is 0.663. The first-order valence-corrected chi connectivity index (χ1v) is 4.67. The summed E-state index contributed by atoms with van der Waals surface area (Å²) >= 11 is 0. The van der Waals surface area contributed by atoms with E-state index >= 15 is 0 Å². The first kappa shape index (κ1) is 12.3. The van der Waals surface area contributed by atoms with Crippen molar-refractivity contribution < 1.29 is 13.9 Å². The zero-order chi connectivity index (χ0) is 12.1. The van der Waals surface area contributed by atoms with E-state index in [0.717, 1.165) is 0 Å². The molecule has 0 saturated heterocycles. The number of nitrogens with two attached hydrogens (primary N) is 2. The van der Waals surface area contributed by atoms with Gasteiger partial charge in [-0.3, -0.25) is 4.79 Å². The van der Waals surface area contributed by atoms with Gasteiger partial charge in [0.05, 0.1) is 7.11 Å². The van der Waals surface area contributed by atoms with Gasteiger partial charge in [0.25, 0.3) is 0 Å². The molecule has 0 fully saturated rings. The molecule has 16 heavy (non-hydrogen) atoms. The molecule has 1 aromatic rings. The number of hydrogen-bond donors (Lipinski definition) is 3. The zero-order valence-corrected chi connectivity index (χ0v) is 8.87. The lowest BCUT2D eigenvalue weighted by molar-refractivity contribution is -0.118.